The first kappa shape index (κ1) is 25.2. The van der Waals surface area contributed by atoms with E-state index in [1.807, 2.05) is 28.9 Å². The van der Waals surface area contributed by atoms with E-state index in [1.165, 1.54) is 19.3 Å². The highest BCUT2D eigenvalue weighted by Gasteiger charge is 2.47. The number of hydrogen-bond acceptors (Lipinski definition) is 7. The van der Waals surface area contributed by atoms with Gasteiger partial charge in [0.15, 0.2) is 0 Å². The Morgan fingerprint density at radius 3 is 2.81 bits per heavy atom. The molecule has 3 aromatic heterocycles. The summed E-state index contributed by atoms with van der Waals surface area (Å²) < 4.78 is 35.5. The number of carbonyl (C=O) groups excluding carboxylic acids is 1. The molecule has 11 heteroatoms. The number of rotatable bonds is 7. The maximum absolute atomic E-state index is 13.4. The Labute approximate surface area is 220 Å². The van der Waals surface area contributed by atoms with E-state index < -0.39 is 34.1 Å². The molecule has 0 saturated heterocycles. The third-order valence-electron chi connectivity index (χ3n) is 7.09. The summed E-state index contributed by atoms with van der Waals surface area (Å²) in [6.07, 6.45) is 9.26. The number of benzene rings is 1. The smallest absolute Gasteiger partial charge is 0.321 e. The van der Waals surface area contributed by atoms with Gasteiger partial charge in [0.1, 0.15) is 23.2 Å². The van der Waals surface area contributed by atoms with E-state index in [2.05, 4.69) is 9.97 Å². The molecule has 192 valence electrons. The predicted octanol–water partition coefficient (Wildman–Crippen LogP) is 3.21. The van der Waals surface area contributed by atoms with Crippen molar-refractivity contribution in [2.75, 3.05) is 13.6 Å². The maximum Gasteiger partial charge on any atom is 0.321 e. The Bertz CT molecular complexity index is 1600. The number of nitrogens with zero attached hydrogens (tertiary/aromatic N) is 4. The SMILES string of the molecule is CN(CC(=O)OC1CCCCC1(C(N)=S)c1ccc2nccn2c1)S(=O)(=O)c1cccc2cccnc12. The molecule has 0 spiro atoms. The molecule has 5 rings (SSSR count). The molecule has 0 radical (unpaired) electrons. The van der Waals surface area contributed by atoms with Gasteiger partial charge in [-0.15, -0.1) is 0 Å². The topological polar surface area (TPSA) is 120 Å². The lowest BCUT2D eigenvalue weighted by Crippen LogP contribution is -2.53. The highest BCUT2D eigenvalue weighted by molar-refractivity contribution is 7.89. The number of aromatic nitrogens is 3. The third kappa shape index (κ3) is 4.47. The lowest BCUT2D eigenvalue weighted by atomic mass is 9.67. The number of pyridine rings is 2. The van der Waals surface area contributed by atoms with Crippen molar-refractivity contribution in [3.05, 3.63) is 72.8 Å². The molecule has 3 heterocycles. The number of carbonyl (C=O) groups is 1. The minimum absolute atomic E-state index is 0.0321. The van der Waals surface area contributed by atoms with Crippen LogP contribution in [0.4, 0.5) is 0 Å². The van der Waals surface area contributed by atoms with Crippen LogP contribution in [0.25, 0.3) is 16.6 Å². The van der Waals surface area contributed by atoms with Crippen LogP contribution in [0, 0.1) is 0 Å². The molecule has 0 amide bonds. The Kier molecular flexibility index (Phi) is 6.69. The number of sulfonamides is 1. The van der Waals surface area contributed by atoms with Crippen molar-refractivity contribution in [3.8, 4) is 0 Å². The molecule has 0 aliphatic heterocycles. The van der Waals surface area contributed by atoms with E-state index in [0.29, 0.717) is 23.7 Å². The van der Waals surface area contributed by atoms with Crippen LogP contribution in [0.2, 0.25) is 0 Å². The summed E-state index contributed by atoms with van der Waals surface area (Å²) in [5, 5.41) is 0.692. The Balaban J connectivity index is 1.40. The molecule has 1 aliphatic rings. The van der Waals surface area contributed by atoms with E-state index in [4.69, 9.17) is 22.7 Å². The first-order valence-corrected chi connectivity index (χ1v) is 13.8. The summed E-state index contributed by atoms with van der Waals surface area (Å²) in [5.41, 5.74) is 7.42. The minimum Gasteiger partial charge on any atom is -0.460 e. The zero-order valence-corrected chi connectivity index (χ0v) is 21.9. The van der Waals surface area contributed by atoms with Crippen LogP contribution in [0.15, 0.2) is 72.1 Å². The van der Waals surface area contributed by atoms with Crippen molar-refractivity contribution in [2.24, 2.45) is 5.73 Å². The lowest BCUT2D eigenvalue weighted by molar-refractivity contribution is -0.153. The van der Waals surface area contributed by atoms with Crippen molar-refractivity contribution < 1.29 is 17.9 Å². The van der Waals surface area contributed by atoms with Crippen molar-refractivity contribution >= 4 is 49.7 Å². The summed E-state index contributed by atoms with van der Waals surface area (Å²) >= 11 is 5.55. The van der Waals surface area contributed by atoms with Crippen LogP contribution in [0.1, 0.15) is 31.2 Å². The average Bonchev–Trinajstić information content (AvgIpc) is 3.36. The number of nitrogens with two attached hydrogens (primary N) is 1. The van der Waals surface area contributed by atoms with Gasteiger partial charge in [0.05, 0.1) is 15.9 Å². The van der Waals surface area contributed by atoms with Crippen LogP contribution in [-0.2, 0) is 25.0 Å². The van der Waals surface area contributed by atoms with E-state index >= 15 is 0 Å². The molecule has 0 bridgehead atoms. The average molecular weight is 538 g/mol. The zero-order chi connectivity index (χ0) is 26.2. The van der Waals surface area contributed by atoms with Gasteiger partial charge in [-0.05, 0) is 43.0 Å². The minimum atomic E-state index is -4.01. The summed E-state index contributed by atoms with van der Waals surface area (Å²) in [7, 11) is -2.65. The number of ether oxygens (including phenoxy) is 1. The highest BCUT2D eigenvalue weighted by Crippen LogP contribution is 2.42. The largest absolute Gasteiger partial charge is 0.460 e. The second-order valence-electron chi connectivity index (χ2n) is 9.26. The van der Waals surface area contributed by atoms with Crippen LogP contribution < -0.4 is 5.73 Å². The van der Waals surface area contributed by atoms with E-state index in [9.17, 15) is 13.2 Å². The monoisotopic (exact) mass is 537 g/mol. The molecule has 2 unspecified atom stereocenters. The van der Waals surface area contributed by atoms with Gasteiger partial charge in [-0.1, -0.05) is 42.9 Å². The van der Waals surface area contributed by atoms with Gasteiger partial charge in [-0.2, -0.15) is 4.31 Å². The lowest BCUT2D eigenvalue weighted by Gasteiger charge is -2.43. The summed E-state index contributed by atoms with van der Waals surface area (Å²) in [6, 6.07) is 12.2. The van der Waals surface area contributed by atoms with Gasteiger partial charge in [0, 0.05) is 37.2 Å². The molecule has 1 aromatic carbocycles. The molecule has 2 N–H and O–H groups in total. The number of thiocarbonyl (C=S) groups is 1. The molecule has 9 nitrogen and oxygen atoms in total. The quantitative estimate of drug-likeness (QED) is 0.282. The van der Waals surface area contributed by atoms with Crippen LogP contribution in [0.3, 0.4) is 0 Å². The molecular formula is C26H27N5O4S2. The highest BCUT2D eigenvalue weighted by atomic mass is 32.2. The Morgan fingerprint density at radius 1 is 1.19 bits per heavy atom. The number of imidazole rings is 1. The van der Waals surface area contributed by atoms with Crippen molar-refractivity contribution in [2.45, 2.75) is 42.1 Å². The summed E-state index contributed by atoms with van der Waals surface area (Å²) in [5.74, 6) is -0.671. The molecule has 1 fully saturated rings. The van der Waals surface area contributed by atoms with Gasteiger partial charge in [-0.25, -0.2) is 13.4 Å². The van der Waals surface area contributed by atoms with Gasteiger partial charge in [-0.3, -0.25) is 9.78 Å². The molecular weight excluding hydrogens is 510 g/mol. The maximum atomic E-state index is 13.4. The first-order valence-electron chi connectivity index (χ1n) is 12.0. The number of para-hydroxylation sites is 1. The number of esters is 1. The van der Waals surface area contributed by atoms with Gasteiger partial charge in [0.2, 0.25) is 10.0 Å². The standard InChI is InChI=1S/C26H27N5O4S2/c1-30(37(33,34)20-8-4-6-18-7-5-13-29-24(18)20)17-23(32)35-21-9-2-3-12-26(21,25(27)36)19-10-11-22-28-14-15-31(22)16-19/h4-8,10-11,13-16,21H,2-3,9,12,17H2,1H3,(H2,27,36). The fourth-order valence-electron chi connectivity index (χ4n) is 5.15. The molecule has 4 aromatic rings. The molecule has 1 saturated carbocycles. The number of fused-ring (bicyclic) bond motifs is 2. The van der Waals surface area contributed by atoms with Crippen LogP contribution in [0.5, 0.6) is 0 Å². The fourth-order valence-corrected chi connectivity index (χ4v) is 6.78. The van der Waals surface area contributed by atoms with E-state index in [0.717, 1.165) is 28.4 Å². The molecule has 2 atom stereocenters. The second-order valence-corrected chi connectivity index (χ2v) is 11.7. The van der Waals surface area contributed by atoms with Crippen molar-refractivity contribution in [1.82, 2.24) is 18.7 Å². The number of hydrogen-bond donors (Lipinski definition) is 1. The van der Waals surface area contributed by atoms with Gasteiger partial charge in [0.25, 0.3) is 0 Å². The van der Waals surface area contributed by atoms with Crippen molar-refractivity contribution in [3.63, 3.8) is 0 Å². The third-order valence-corrected chi connectivity index (χ3v) is 9.29. The Hall–Kier alpha value is -3.41. The molecule has 1 aliphatic carbocycles. The fraction of sp³-hybridized carbons (Fsp3) is 0.308. The predicted molar refractivity (Wildman–Crippen MR) is 144 cm³/mol. The second kappa shape index (κ2) is 9.81. The first-order chi connectivity index (χ1) is 17.7. The normalized spacial score (nSPS) is 20.3. The van der Waals surface area contributed by atoms with Crippen LogP contribution >= 0.6 is 12.2 Å². The zero-order valence-electron chi connectivity index (χ0n) is 20.3. The number of likely N-dealkylation sites (N-methyl/N-ethyl adjacent to an activating group) is 1. The molecule has 37 heavy (non-hydrogen) atoms. The van der Waals surface area contributed by atoms with Gasteiger partial charge >= 0.3 is 5.97 Å². The van der Waals surface area contributed by atoms with E-state index in [-0.39, 0.29) is 9.88 Å². The van der Waals surface area contributed by atoms with E-state index in [1.54, 1.807) is 30.5 Å². The van der Waals surface area contributed by atoms with Gasteiger partial charge < -0.3 is 14.9 Å². The Morgan fingerprint density at radius 2 is 2.00 bits per heavy atom. The van der Waals surface area contributed by atoms with Crippen molar-refractivity contribution in [1.29, 1.82) is 0 Å². The summed E-state index contributed by atoms with van der Waals surface area (Å²) in [4.78, 5) is 21.9. The van der Waals surface area contributed by atoms with Crippen LogP contribution in [-0.4, -0.2) is 57.7 Å². The summed E-state index contributed by atoms with van der Waals surface area (Å²) in [6.45, 7) is -0.462.